The maximum absolute atomic E-state index is 6.01. The van der Waals surface area contributed by atoms with E-state index in [-0.39, 0.29) is 0 Å². The normalized spacial score (nSPS) is 11.8. The molecular weight excluding hydrogens is 196 g/mol. The monoisotopic (exact) mass is 210 g/mol. The van der Waals surface area contributed by atoms with Gasteiger partial charge in [-0.1, -0.05) is 30.7 Å². The zero-order chi connectivity index (χ0) is 10.6. The molecule has 0 bridgehead atoms. The smallest absolute Gasteiger partial charge is 0.0996 e. The van der Waals surface area contributed by atoms with Crippen molar-refractivity contribution in [1.82, 2.24) is 0 Å². The first-order valence-corrected chi connectivity index (χ1v) is 5.11. The van der Waals surface area contributed by atoms with Crippen molar-refractivity contribution in [3.05, 3.63) is 28.8 Å². The van der Waals surface area contributed by atoms with E-state index in [1.807, 2.05) is 25.1 Å². The number of hydrogen-bond acceptors (Lipinski definition) is 1. The highest BCUT2D eigenvalue weighted by molar-refractivity contribution is 6.33. The molecule has 0 unspecified atom stereocenters. The first-order chi connectivity index (χ1) is 6.65. The lowest BCUT2D eigenvalue weighted by molar-refractivity contribution is 0.983. The van der Waals surface area contributed by atoms with Crippen LogP contribution in [0.4, 0.5) is 5.69 Å². The fourth-order valence-corrected chi connectivity index (χ4v) is 1.48. The van der Waals surface area contributed by atoms with E-state index in [1.165, 1.54) is 0 Å². The molecule has 0 saturated heterocycles. The summed E-state index contributed by atoms with van der Waals surface area (Å²) in [5.41, 5.74) is 7.59. The summed E-state index contributed by atoms with van der Waals surface area (Å²) in [6.07, 6.45) is 1.81. The Morgan fingerprint density at radius 3 is 2.79 bits per heavy atom. The summed E-state index contributed by atoms with van der Waals surface area (Å²) in [7, 11) is 0. The average Bonchev–Trinajstić information content (AvgIpc) is 2.12. The second-order valence-corrected chi connectivity index (χ2v) is 3.67. The van der Waals surface area contributed by atoms with Gasteiger partial charge in [-0.25, -0.2) is 4.99 Å². The van der Waals surface area contributed by atoms with Crippen LogP contribution in [0.2, 0.25) is 5.02 Å². The van der Waals surface area contributed by atoms with Crippen molar-refractivity contribution < 1.29 is 0 Å². The van der Waals surface area contributed by atoms with Crippen LogP contribution in [0.3, 0.4) is 0 Å². The fraction of sp³-hybridized carbons (Fsp3) is 0.364. The molecule has 0 aliphatic carbocycles. The molecule has 0 fully saturated rings. The number of benzene rings is 1. The second-order valence-electron chi connectivity index (χ2n) is 3.26. The summed E-state index contributed by atoms with van der Waals surface area (Å²) in [6.45, 7) is 4.05. The van der Waals surface area contributed by atoms with Crippen molar-refractivity contribution in [2.45, 2.75) is 26.7 Å². The van der Waals surface area contributed by atoms with Crippen molar-refractivity contribution >= 4 is 23.1 Å². The molecule has 0 amide bonds. The number of aryl methyl sites for hydroxylation is 1. The van der Waals surface area contributed by atoms with Gasteiger partial charge in [0.05, 0.1) is 16.5 Å². The molecule has 76 valence electrons. The van der Waals surface area contributed by atoms with Crippen LogP contribution in [-0.2, 0) is 0 Å². The minimum Gasteiger partial charge on any atom is -0.387 e. The van der Waals surface area contributed by atoms with E-state index < -0.39 is 0 Å². The molecule has 1 aromatic carbocycles. The Balaban J connectivity index is 3.01. The molecule has 1 aromatic rings. The molecule has 3 heteroatoms. The Hall–Kier alpha value is -1.02. The number of nitrogens with zero attached hydrogens (tertiary/aromatic N) is 1. The number of hydrogen-bond donors (Lipinski definition) is 1. The van der Waals surface area contributed by atoms with Gasteiger partial charge >= 0.3 is 0 Å². The van der Waals surface area contributed by atoms with Crippen molar-refractivity contribution in [2.75, 3.05) is 0 Å². The van der Waals surface area contributed by atoms with E-state index in [2.05, 4.69) is 11.9 Å². The van der Waals surface area contributed by atoms with Crippen LogP contribution in [0.25, 0.3) is 0 Å². The number of aliphatic imine (C=N–C) groups is 1. The molecule has 0 aromatic heterocycles. The van der Waals surface area contributed by atoms with Crippen molar-refractivity contribution in [1.29, 1.82) is 0 Å². The molecule has 0 heterocycles. The van der Waals surface area contributed by atoms with Crippen LogP contribution in [-0.4, -0.2) is 5.84 Å². The van der Waals surface area contributed by atoms with Crippen LogP contribution in [0, 0.1) is 6.92 Å². The molecular formula is C11H15ClN2. The Labute approximate surface area is 89.8 Å². The SMILES string of the molecule is CCCC(N)=Nc1c(C)cccc1Cl. The third-order valence-electron chi connectivity index (χ3n) is 1.95. The zero-order valence-corrected chi connectivity index (χ0v) is 9.30. The molecule has 0 saturated carbocycles. The maximum atomic E-state index is 6.01. The lowest BCUT2D eigenvalue weighted by Crippen LogP contribution is -2.10. The number of halogens is 1. The highest BCUT2D eigenvalue weighted by Gasteiger charge is 2.02. The zero-order valence-electron chi connectivity index (χ0n) is 8.55. The molecule has 2 N–H and O–H groups in total. The topological polar surface area (TPSA) is 38.4 Å². The number of rotatable bonds is 3. The van der Waals surface area contributed by atoms with Crippen molar-refractivity contribution in [2.24, 2.45) is 10.7 Å². The van der Waals surface area contributed by atoms with Gasteiger partial charge in [-0.2, -0.15) is 0 Å². The third-order valence-corrected chi connectivity index (χ3v) is 2.26. The maximum Gasteiger partial charge on any atom is 0.0996 e. The number of para-hydroxylation sites is 1. The van der Waals surface area contributed by atoms with Gasteiger partial charge < -0.3 is 5.73 Å². The summed E-state index contributed by atoms with van der Waals surface area (Å²) < 4.78 is 0. The second kappa shape index (κ2) is 5.01. The first kappa shape index (κ1) is 11.1. The molecule has 0 aliphatic heterocycles. The average molecular weight is 211 g/mol. The largest absolute Gasteiger partial charge is 0.387 e. The minimum atomic E-state index is 0.642. The standard InChI is InChI=1S/C11H15ClN2/c1-3-5-10(13)14-11-8(2)6-4-7-9(11)12/h4,6-7H,3,5H2,1-2H3,(H2,13,14). The van der Waals surface area contributed by atoms with Crippen LogP contribution in [0.15, 0.2) is 23.2 Å². The van der Waals surface area contributed by atoms with Gasteiger partial charge in [-0.05, 0) is 25.0 Å². The minimum absolute atomic E-state index is 0.642. The Morgan fingerprint density at radius 1 is 1.50 bits per heavy atom. The summed E-state index contributed by atoms with van der Waals surface area (Å²) in [5, 5.41) is 0.657. The van der Waals surface area contributed by atoms with E-state index in [0.717, 1.165) is 24.1 Å². The van der Waals surface area contributed by atoms with Crippen LogP contribution >= 0.6 is 11.6 Å². The van der Waals surface area contributed by atoms with Gasteiger partial charge in [0.15, 0.2) is 0 Å². The van der Waals surface area contributed by atoms with E-state index >= 15 is 0 Å². The molecule has 14 heavy (non-hydrogen) atoms. The lowest BCUT2D eigenvalue weighted by Gasteiger charge is -2.04. The lowest BCUT2D eigenvalue weighted by atomic mass is 10.2. The van der Waals surface area contributed by atoms with Gasteiger partial charge in [0.25, 0.3) is 0 Å². The molecule has 0 radical (unpaired) electrons. The Bertz CT molecular complexity index is 325. The molecule has 0 atom stereocenters. The fourth-order valence-electron chi connectivity index (χ4n) is 1.22. The Morgan fingerprint density at radius 2 is 2.21 bits per heavy atom. The van der Waals surface area contributed by atoms with E-state index in [4.69, 9.17) is 17.3 Å². The highest BCUT2D eigenvalue weighted by Crippen LogP contribution is 2.28. The van der Waals surface area contributed by atoms with E-state index in [9.17, 15) is 0 Å². The highest BCUT2D eigenvalue weighted by atomic mass is 35.5. The van der Waals surface area contributed by atoms with Gasteiger partial charge in [0, 0.05) is 6.42 Å². The number of nitrogens with two attached hydrogens (primary N) is 1. The summed E-state index contributed by atoms with van der Waals surface area (Å²) in [5.74, 6) is 0.642. The summed E-state index contributed by atoms with van der Waals surface area (Å²) >= 11 is 6.01. The van der Waals surface area contributed by atoms with Crippen molar-refractivity contribution in [3.8, 4) is 0 Å². The quantitative estimate of drug-likeness (QED) is 0.603. The van der Waals surface area contributed by atoms with Crippen LogP contribution in [0.5, 0.6) is 0 Å². The predicted molar refractivity (Wildman–Crippen MR) is 62.4 cm³/mol. The molecule has 0 spiro atoms. The third kappa shape index (κ3) is 2.74. The van der Waals surface area contributed by atoms with Gasteiger partial charge in [0.2, 0.25) is 0 Å². The molecule has 1 rings (SSSR count). The molecule has 0 aliphatic rings. The summed E-state index contributed by atoms with van der Waals surface area (Å²) in [4.78, 5) is 4.31. The number of amidine groups is 1. The van der Waals surface area contributed by atoms with E-state index in [0.29, 0.717) is 10.9 Å². The summed E-state index contributed by atoms with van der Waals surface area (Å²) in [6, 6.07) is 5.71. The van der Waals surface area contributed by atoms with Crippen LogP contribution < -0.4 is 5.73 Å². The molecule has 2 nitrogen and oxygen atoms in total. The van der Waals surface area contributed by atoms with Crippen LogP contribution in [0.1, 0.15) is 25.3 Å². The predicted octanol–water partition coefficient (Wildman–Crippen LogP) is 3.44. The Kier molecular flexibility index (Phi) is 3.96. The van der Waals surface area contributed by atoms with Crippen molar-refractivity contribution in [3.63, 3.8) is 0 Å². The first-order valence-electron chi connectivity index (χ1n) is 4.73. The van der Waals surface area contributed by atoms with Gasteiger partial charge in [-0.3, -0.25) is 0 Å². The van der Waals surface area contributed by atoms with Gasteiger partial charge in [0.1, 0.15) is 0 Å². The van der Waals surface area contributed by atoms with Gasteiger partial charge in [-0.15, -0.1) is 0 Å². The van der Waals surface area contributed by atoms with E-state index in [1.54, 1.807) is 0 Å².